The number of hydrogen-bond donors (Lipinski definition) is 1. The zero-order valence-electron chi connectivity index (χ0n) is 9.64. The number of nitrogens with zero attached hydrogens (tertiary/aromatic N) is 3. The first-order valence-electron chi connectivity index (χ1n) is 5.47. The predicted octanol–water partition coefficient (Wildman–Crippen LogP) is 2.07. The highest BCUT2D eigenvalue weighted by molar-refractivity contribution is 5.23. The Morgan fingerprint density at radius 2 is 2.25 bits per heavy atom. The maximum absolute atomic E-state index is 4.32. The van der Waals surface area contributed by atoms with Crippen molar-refractivity contribution in [2.45, 2.75) is 20.4 Å². The van der Waals surface area contributed by atoms with E-state index < -0.39 is 0 Å². The third-order valence-electron chi connectivity index (χ3n) is 2.30. The van der Waals surface area contributed by atoms with Crippen molar-refractivity contribution >= 4 is 5.95 Å². The van der Waals surface area contributed by atoms with Crippen molar-refractivity contribution in [3.05, 3.63) is 41.7 Å². The summed E-state index contributed by atoms with van der Waals surface area (Å²) in [5.41, 5.74) is 2.51. The van der Waals surface area contributed by atoms with Gasteiger partial charge in [-0.1, -0.05) is 29.8 Å². The molecule has 4 nitrogen and oxygen atoms in total. The second kappa shape index (κ2) is 4.79. The van der Waals surface area contributed by atoms with Gasteiger partial charge in [-0.3, -0.25) is 0 Å². The van der Waals surface area contributed by atoms with Gasteiger partial charge in [0, 0.05) is 6.54 Å². The van der Waals surface area contributed by atoms with Crippen LogP contribution in [0.3, 0.4) is 0 Å². The Balaban J connectivity index is 2.08. The molecule has 4 heteroatoms. The first-order chi connectivity index (χ1) is 7.78. The largest absolute Gasteiger partial charge is 0.353 e. The summed E-state index contributed by atoms with van der Waals surface area (Å²) in [5, 5.41) is 7.40. The molecule has 1 aromatic heterocycles. The van der Waals surface area contributed by atoms with Gasteiger partial charge in [-0.15, -0.1) is 5.10 Å². The van der Waals surface area contributed by atoms with Crippen LogP contribution in [0.2, 0.25) is 0 Å². The maximum atomic E-state index is 4.32. The first-order valence-corrected chi connectivity index (χ1v) is 5.47. The van der Waals surface area contributed by atoms with Gasteiger partial charge in [0.05, 0.1) is 6.54 Å². The monoisotopic (exact) mass is 216 g/mol. The average Bonchev–Trinajstić information content (AvgIpc) is 2.66. The number of hydrogen-bond acceptors (Lipinski definition) is 3. The van der Waals surface area contributed by atoms with Crippen LogP contribution < -0.4 is 5.32 Å². The van der Waals surface area contributed by atoms with Crippen molar-refractivity contribution in [1.82, 2.24) is 14.8 Å². The molecular weight excluding hydrogens is 200 g/mol. The number of aromatic nitrogens is 3. The van der Waals surface area contributed by atoms with Gasteiger partial charge < -0.3 is 5.32 Å². The van der Waals surface area contributed by atoms with Gasteiger partial charge >= 0.3 is 0 Å². The molecule has 0 amide bonds. The number of rotatable bonds is 4. The third kappa shape index (κ3) is 2.59. The quantitative estimate of drug-likeness (QED) is 0.850. The van der Waals surface area contributed by atoms with Crippen LogP contribution in [0, 0.1) is 6.92 Å². The Hall–Kier alpha value is -1.84. The molecule has 0 unspecified atom stereocenters. The molecule has 1 N–H and O–H groups in total. The van der Waals surface area contributed by atoms with Crippen LogP contribution in [0.1, 0.15) is 18.1 Å². The Morgan fingerprint density at radius 1 is 1.38 bits per heavy atom. The van der Waals surface area contributed by atoms with Gasteiger partial charge in [0.15, 0.2) is 0 Å². The third-order valence-corrected chi connectivity index (χ3v) is 2.30. The summed E-state index contributed by atoms with van der Waals surface area (Å²) >= 11 is 0. The standard InChI is InChI=1S/C12H16N4/c1-3-13-12-14-9-16(15-12)8-11-6-4-5-10(2)7-11/h4-7,9H,3,8H2,1-2H3,(H,13,15). The van der Waals surface area contributed by atoms with Gasteiger partial charge in [0.2, 0.25) is 5.95 Å². The number of aryl methyl sites for hydroxylation is 1. The lowest BCUT2D eigenvalue weighted by Gasteiger charge is -2.02. The highest BCUT2D eigenvalue weighted by atomic mass is 15.4. The van der Waals surface area contributed by atoms with Gasteiger partial charge in [-0.05, 0) is 19.4 Å². The van der Waals surface area contributed by atoms with Crippen LogP contribution >= 0.6 is 0 Å². The first kappa shape index (κ1) is 10.7. The molecule has 1 aromatic carbocycles. The van der Waals surface area contributed by atoms with Crippen LogP contribution in [-0.4, -0.2) is 21.3 Å². The molecule has 0 radical (unpaired) electrons. The molecule has 0 saturated heterocycles. The van der Waals surface area contributed by atoms with Crippen molar-refractivity contribution in [2.75, 3.05) is 11.9 Å². The van der Waals surface area contributed by atoms with Crippen molar-refractivity contribution < 1.29 is 0 Å². The highest BCUT2D eigenvalue weighted by Crippen LogP contribution is 2.06. The molecule has 1 heterocycles. The fourth-order valence-electron chi connectivity index (χ4n) is 1.61. The fraction of sp³-hybridized carbons (Fsp3) is 0.333. The lowest BCUT2D eigenvalue weighted by molar-refractivity contribution is 0.686. The SMILES string of the molecule is CCNc1ncn(Cc2cccc(C)c2)n1. The van der Waals surface area contributed by atoms with Crippen molar-refractivity contribution in [2.24, 2.45) is 0 Å². The maximum Gasteiger partial charge on any atom is 0.242 e. The molecule has 0 fully saturated rings. The minimum Gasteiger partial charge on any atom is -0.353 e. The molecule has 2 aromatic rings. The fourth-order valence-corrected chi connectivity index (χ4v) is 1.61. The van der Waals surface area contributed by atoms with E-state index in [1.165, 1.54) is 11.1 Å². The summed E-state index contributed by atoms with van der Waals surface area (Å²) in [6.45, 7) is 5.73. The second-order valence-corrected chi connectivity index (χ2v) is 3.79. The zero-order valence-corrected chi connectivity index (χ0v) is 9.64. The van der Waals surface area contributed by atoms with E-state index in [4.69, 9.17) is 0 Å². The lowest BCUT2D eigenvalue weighted by atomic mass is 10.1. The molecule has 0 saturated carbocycles. The average molecular weight is 216 g/mol. The van der Waals surface area contributed by atoms with E-state index in [0.29, 0.717) is 5.95 Å². The number of nitrogens with one attached hydrogen (secondary N) is 1. The Kier molecular flexibility index (Phi) is 3.19. The topological polar surface area (TPSA) is 42.7 Å². The van der Waals surface area contributed by atoms with Crippen LogP contribution in [0.25, 0.3) is 0 Å². The molecule has 0 aliphatic rings. The summed E-state index contributed by atoms with van der Waals surface area (Å²) in [5.74, 6) is 0.690. The Morgan fingerprint density at radius 3 is 3.00 bits per heavy atom. The molecule has 16 heavy (non-hydrogen) atoms. The lowest BCUT2D eigenvalue weighted by Crippen LogP contribution is -2.03. The molecule has 2 rings (SSSR count). The van der Waals surface area contributed by atoms with E-state index in [1.807, 2.05) is 11.6 Å². The van der Waals surface area contributed by atoms with Crippen LogP contribution in [0.5, 0.6) is 0 Å². The van der Waals surface area contributed by atoms with Gasteiger partial charge in [-0.2, -0.15) is 0 Å². The van der Waals surface area contributed by atoms with Gasteiger partial charge in [0.25, 0.3) is 0 Å². The van der Waals surface area contributed by atoms with Crippen molar-refractivity contribution in [3.63, 3.8) is 0 Å². The minimum absolute atomic E-state index is 0.690. The predicted molar refractivity (Wildman–Crippen MR) is 64.5 cm³/mol. The van der Waals surface area contributed by atoms with Crippen molar-refractivity contribution in [1.29, 1.82) is 0 Å². The van der Waals surface area contributed by atoms with E-state index in [1.54, 1.807) is 6.33 Å². The van der Waals surface area contributed by atoms with E-state index >= 15 is 0 Å². The van der Waals surface area contributed by atoms with E-state index in [2.05, 4.69) is 46.6 Å². The molecule has 0 spiro atoms. The Bertz CT molecular complexity index is 462. The van der Waals surface area contributed by atoms with E-state index in [-0.39, 0.29) is 0 Å². The van der Waals surface area contributed by atoms with E-state index in [0.717, 1.165) is 13.1 Å². The normalized spacial score (nSPS) is 10.4. The van der Waals surface area contributed by atoms with E-state index in [9.17, 15) is 0 Å². The summed E-state index contributed by atoms with van der Waals surface area (Å²) < 4.78 is 1.84. The smallest absolute Gasteiger partial charge is 0.242 e. The highest BCUT2D eigenvalue weighted by Gasteiger charge is 2.00. The summed E-state index contributed by atoms with van der Waals surface area (Å²) in [6, 6.07) is 8.41. The molecule has 0 bridgehead atoms. The van der Waals surface area contributed by atoms with Crippen LogP contribution in [0.15, 0.2) is 30.6 Å². The van der Waals surface area contributed by atoms with Crippen LogP contribution in [-0.2, 0) is 6.54 Å². The summed E-state index contributed by atoms with van der Waals surface area (Å²) in [7, 11) is 0. The zero-order chi connectivity index (χ0) is 11.4. The number of benzene rings is 1. The Labute approximate surface area is 95.3 Å². The molecular formula is C12H16N4. The van der Waals surface area contributed by atoms with Gasteiger partial charge in [-0.25, -0.2) is 9.67 Å². The second-order valence-electron chi connectivity index (χ2n) is 3.79. The number of anilines is 1. The van der Waals surface area contributed by atoms with Gasteiger partial charge in [0.1, 0.15) is 6.33 Å². The summed E-state index contributed by atoms with van der Waals surface area (Å²) in [6.07, 6.45) is 1.75. The van der Waals surface area contributed by atoms with Crippen LogP contribution in [0.4, 0.5) is 5.95 Å². The summed E-state index contributed by atoms with van der Waals surface area (Å²) in [4.78, 5) is 4.17. The molecule has 0 aliphatic heterocycles. The molecule has 0 atom stereocenters. The minimum atomic E-state index is 0.690. The molecule has 84 valence electrons. The van der Waals surface area contributed by atoms with Crippen molar-refractivity contribution in [3.8, 4) is 0 Å². The molecule has 0 aliphatic carbocycles.